The Morgan fingerprint density at radius 1 is 1.06 bits per heavy atom. The molecule has 1 aromatic rings. The molecule has 1 N–H and O–H groups in total. The zero-order chi connectivity index (χ0) is 22.6. The first-order valence-electron chi connectivity index (χ1n) is 11.6. The summed E-state index contributed by atoms with van der Waals surface area (Å²) in [5.41, 5.74) is 0.876. The standard InChI is InChI=1S/C25H31N3O4/c1-2-32-24(31)28-14-10-20(11-15-28)26-23(30)21-18-25(21)12-16-27(17-13-25)22(29)9-8-19-6-4-3-5-7-19/h3-7,20-21H,2,10-18H2,1H3,(H,26,30)/t21-/m0/s1. The summed E-state index contributed by atoms with van der Waals surface area (Å²) in [6, 6.07) is 9.62. The third kappa shape index (κ3) is 5.07. The molecule has 2 saturated heterocycles. The first-order valence-corrected chi connectivity index (χ1v) is 11.6. The topological polar surface area (TPSA) is 79.0 Å². The average molecular weight is 438 g/mol. The van der Waals surface area contributed by atoms with Crippen molar-refractivity contribution in [3.63, 3.8) is 0 Å². The van der Waals surface area contributed by atoms with Gasteiger partial charge in [-0.25, -0.2) is 4.79 Å². The highest BCUT2D eigenvalue weighted by Gasteiger charge is 2.58. The van der Waals surface area contributed by atoms with Crippen molar-refractivity contribution in [2.45, 2.75) is 45.1 Å². The maximum Gasteiger partial charge on any atom is 0.409 e. The van der Waals surface area contributed by atoms with E-state index < -0.39 is 0 Å². The lowest BCUT2D eigenvalue weighted by atomic mass is 9.90. The van der Waals surface area contributed by atoms with E-state index in [0.717, 1.165) is 37.7 Å². The van der Waals surface area contributed by atoms with Gasteiger partial charge >= 0.3 is 6.09 Å². The molecule has 1 aliphatic carbocycles. The predicted molar refractivity (Wildman–Crippen MR) is 119 cm³/mol. The Morgan fingerprint density at radius 3 is 2.41 bits per heavy atom. The number of nitrogens with one attached hydrogen (secondary N) is 1. The number of hydrogen-bond donors (Lipinski definition) is 1. The molecule has 3 aliphatic rings. The van der Waals surface area contributed by atoms with E-state index in [2.05, 4.69) is 17.2 Å². The van der Waals surface area contributed by atoms with E-state index in [1.165, 1.54) is 0 Å². The van der Waals surface area contributed by atoms with Gasteiger partial charge in [0, 0.05) is 49.6 Å². The van der Waals surface area contributed by atoms with Crippen LogP contribution < -0.4 is 5.32 Å². The Morgan fingerprint density at radius 2 is 1.75 bits per heavy atom. The molecule has 1 atom stereocenters. The van der Waals surface area contributed by atoms with E-state index in [0.29, 0.717) is 32.8 Å². The fourth-order valence-electron chi connectivity index (χ4n) is 4.88. The Bertz CT molecular complexity index is 904. The SMILES string of the molecule is CCOC(=O)N1CCC(NC(=O)[C@@H]2CC23CCN(C(=O)C#Cc2ccccc2)CC3)CC1. The molecule has 1 saturated carbocycles. The third-order valence-corrected chi connectivity index (χ3v) is 7.01. The van der Waals surface area contributed by atoms with E-state index in [1.807, 2.05) is 30.3 Å². The second kappa shape index (κ2) is 9.64. The molecule has 170 valence electrons. The monoisotopic (exact) mass is 437 g/mol. The number of nitrogens with zero attached hydrogens (tertiary/aromatic N) is 2. The van der Waals surface area contributed by atoms with Gasteiger partial charge in [-0.05, 0) is 56.6 Å². The molecule has 7 nitrogen and oxygen atoms in total. The normalized spacial score (nSPS) is 22.0. The number of hydrogen-bond acceptors (Lipinski definition) is 4. The molecule has 1 aromatic carbocycles. The zero-order valence-corrected chi connectivity index (χ0v) is 18.6. The van der Waals surface area contributed by atoms with Gasteiger partial charge in [0.25, 0.3) is 5.91 Å². The van der Waals surface area contributed by atoms with Gasteiger partial charge in [-0.1, -0.05) is 24.1 Å². The van der Waals surface area contributed by atoms with E-state index >= 15 is 0 Å². The molecule has 0 unspecified atom stereocenters. The fourth-order valence-corrected chi connectivity index (χ4v) is 4.88. The number of piperidine rings is 2. The molecule has 32 heavy (non-hydrogen) atoms. The average Bonchev–Trinajstić information content (AvgIpc) is 3.52. The van der Waals surface area contributed by atoms with Crippen molar-refractivity contribution >= 4 is 17.9 Å². The highest BCUT2D eigenvalue weighted by Crippen LogP contribution is 2.59. The maximum absolute atomic E-state index is 12.8. The third-order valence-electron chi connectivity index (χ3n) is 7.01. The quantitative estimate of drug-likeness (QED) is 0.737. The lowest BCUT2D eigenvalue weighted by molar-refractivity contribution is -0.127. The van der Waals surface area contributed by atoms with Crippen LogP contribution in [0.2, 0.25) is 0 Å². The minimum Gasteiger partial charge on any atom is -0.450 e. The summed E-state index contributed by atoms with van der Waals surface area (Å²) in [5.74, 6) is 5.70. The second-order valence-corrected chi connectivity index (χ2v) is 9.00. The van der Waals surface area contributed by atoms with Gasteiger partial charge < -0.3 is 19.9 Å². The smallest absolute Gasteiger partial charge is 0.409 e. The van der Waals surface area contributed by atoms with Crippen molar-refractivity contribution < 1.29 is 19.1 Å². The molecule has 2 heterocycles. The van der Waals surface area contributed by atoms with Crippen LogP contribution in [0.25, 0.3) is 0 Å². The van der Waals surface area contributed by atoms with Crippen LogP contribution >= 0.6 is 0 Å². The van der Waals surface area contributed by atoms with E-state index in [4.69, 9.17) is 4.74 Å². The molecule has 3 amide bonds. The van der Waals surface area contributed by atoms with Gasteiger partial charge in [0.2, 0.25) is 5.91 Å². The lowest BCUT2D eigenvalue weighted by Crippen LogP contribution is -2.47. The number of likely N-dealkylation sites (tertiary alicyclic amines) is 2. The van der Waals surface area contributed by atoms with Gasteiger partial charge in [-0.15, -0.1) is 0 Å². The molecule has 2 aliphatic heterocycles. The number of rotatable bonds is 3. The molecule has 0 bridgehead atoms. The van der Waals surface area contributed by atoms with Crippen LogP contribution in [0.3, 0.4) is 0 Å². The molecular formula is C25H31N3O4. The van der Waals surface area contributed by atoms with Gasteiger partial charge in [-0.3, -0.25) is 9.59 Å². The molecule has 0 radical (unpaired) electrons. The van der Waals surface area contributed by atoms with Crippen LogP contribution in [-0.2, 0) is 14.3 Å². The number of carbonyl (C=O) groups excluding carboxylic acids is 3. The first kappa shape index (κ1) is 22.2. The summed E-state index contributed by atoms with van der Waals surface area (Å²) >= 11 is 0. The Labute approximate surface area is 189 Å². The van der Waals surface area contributed by atoms with Crippen LogP contribution in [0, 0.1) is 23.2 Å². The van der Waals surface area contributed by atoms with Crippen LogP contribution in [0.4, 0.5) is 4.79 Å². The summed E-state index contributed by atoms with van der Waals surface area (Å²) in [6.45, 7) is 4.71. The van der Waals surface area contributed by atoms with Crippen LogP contribution in [0.15, 0.2) is 30.3 Å². The summed E-state index contributed by atoms with van der Waals surface area (Å²) in [7, 11) is 0. The lowest BCUT2D eigenvalue weighted by Gasteiger charge is -2.33. The van der Waals surface area contributed by atoms with Crippen LogP contribution in [0.1, 0.15) is 44.6 Å². The molecule has 4 rings (SSSR count). The number of benzene rings is 1. The van der Waals surface area contributed by atoms with Gasteiger partial charge in [0.1, 0.15) is 0 Å². The summed E-state index contributed by atoms with van der Waals surface area (Å²) in [5, 5.41) is 3.20. The number of amides is 3. The maximum atomic E-state index is 12.8. The minimum absolute atomic E-state index is 0.0400. The Hall–Kier alpha value is -3.01. The number of carbonyl (C=O) groups is 3. The highest BCUT2D eigenvalue weighted by molar-refractivity contribution is 5.94. The number of ether oxygens (including phenoxy) is 1. The van der Waals surface area contributed by atoms with Crippen molar-refractivity contribution in [2.75, 3.05) is 32.8 Å². The summed E-state index contributed by atoms with van der Waals surface area (Å²) in [4.78, 5) is 40.6. The molecule has 1 spiro atoms. The van der Waals surface area contributed by atoms with Crippen LogP contribution in [-0.4, -0.2) is 66.5 Å². The summed E-state index contributed by atoms with van der Waals surface area (Å²) in [6.07, 6.45) is 3.85. The highest BCUT2D eigenvalue weighted by atomic mass is 16.6. The Balaban J connectivity index is 1.20. The van der Waals surface area contributed by atoms with Gasteiger partial charge in [-0.2, -0.15) is 0 Å². The molecule has 7 heteroatoms. The van der Waals surface area contributed by atoms with Crippen LogP contribution in [0.5, 0.6) is 0 Å². The van der Waals surface area contributed by atoms with E-state index in [1.54, 1.807) is 16.7 Å². The fraction of sp³-hybridized carbons (Fsp3) is 0.560. The second-order valence-electron chi connectivity index (χ2n) is 9.00. The molecule has 3 fully saturated rings. The molecular weight excluding hydrogens is 406 g/mol. The van der Waals surface area contributed by atoms with Gasteiger partial charge in [0.15, 0.2) is 0 Å². The predicted octanol–water partition coefficient (Wildman–Crippen LogP) is 2.40. The van der Waals surface area contributed by atoms with Crippen molar-refractivity contribution in [3.05, 3.63) is 35.9 Å². The van der Waals surface area contributed by atoms with Crippen molar-refractivity contribution in [2.24, 2.45) is 11.3 Å². The van der Waals surface area contributed by atoms with Gasteiger partial charge in [0.05, 0.1) is 6.61 Å². The molecule has 0 aromatic heterocycles. The van der Waals surface area contributed by atoms with Crippen molar-refractivity contribution in [1.82, 2.24) is 15.1 Å². The van der Waals surface area contributed by atoms with E-state index in [9.17, 15) is 14.4 Å². The first-order chi connectivity index (χ1) is 15.5. The summed E-state index contributed by atoms with van der Waals surface area (Å²) < 4.78 is 5.05. The minimum atomic E-state index is -0.270. The van der Waals surface area contributed by atoms with Crippen molar-refractivity contribution in [1.29, 1.82) is 0 Å². The zero-order valence-electron chi connectivity index (χ0n) is 18.6. The largest absolute Gasteiger partial charge is 0.450 e. The van der Waals surface area contributed by atoms with E-state index in [-0.39, 0.29) is 35.3 Å². The Kier molecular flexibility index (Phi) is 6.69. The van der Waals surface area contributed by atoms with Crippen molar-refractivity contribution in [3.8, 4) is 11.8 Å².